The van der Waals surface area contributed by atoms with Crippen LogP contribution in [0.4, 0.5) is 0 Å². The van der Waals surface area contributed by atoms with E-state index in [2.05, 4.69) is 129 Å². The maximum absolute atomic E-state index is 2.45. The second kappa shape index (κ2) is 7.33. The SMILES string of the molecule is Cn1c2ccccc2c2cc3c(cc21)-c1ccc(-c2cccc(C4C=CC=CC4)c2)cc1C3(C)C. The molecule has 0 spiro atoms. The average Bonchev–Trinajstić information content (AvgIpc) is 3.31. The van der Waals surface area contributed by atoms with E-state index >= 15 is 0 Å². The fraction of sp³-hybridized carbons (Fsp3) is 0.176. The molecule has 1 nitrogen and oxygen atoms in total. The monoisotopic (exact) mass is 451 g/mol. The van der Waals surface area contributed by atoms with Crippen molar-refractivity contribution < 1.29 is 0 Å². The quantitative estimate of drug-likeness (QED) is 0.252. The van der Waals surface area contributed by atoms with Gasteiger partial charge in [0.05, 0.1) is 0 Å². The summed E-state index contributed by atoms with van der Waals surface area (Å²) in [7, 11) is 2.19. The number of nitrogens with zero attached hydrogens (tertiary/aromatic N) is 1. The van der Waals surface area contributed by atoms with Crippen LogP contribution in [0.5, 0.6) is 0 Å². The summed E-state index contributed by atoms with van der Waals surface area (Å²) >= 11 is 0. The first-order chi connectivity index (χ1) is 17.0. The van der Waals surface area contributed by atoms with Crippen LogP contribution in [-0.2, 0) is 12.5 Å². The van der Waals surface area contributed by atoms with Gasteiger partial charge >= 0.3 is 0 Å². The van der Waals surface area contributed by atoms with Crippen LogP contribution in [0.15, 0.2) is 103 Å². The molecule has 35 heavy (non-hydrogen) atoms. The van der Waals surface area contributed by atoms with E-state index in [1.54, 1.807) is 0 Å². The summed E-state index contributed by atoms with van der Waals surface area (Å²) in [6, 6.07) is 29.8. The molecular formula is C34H29N. The zero-order valence-corrected chi connectivity index (χ0v) is 20.5. The topological polar surface area (TPSA) is 4.93 Å². The van der Waals surface area contributed by atoms with Gasteiger partial charge in [-0.3, -0.25) is 0 Å². The fourth-order valence-electron chi connectivity index (χ4n) is 6.34. The number of hydrogen-bond acceptors (Lipinski definition) is 0. The molecule has 0 aliphatic heterocycles. The molecule has 1 heterocycles. The Balaban J connectivity index is 1.37. The van der Waals surface area contributed by atoms with Crippen molar-refractivity contribution in [3.05, 3.63) is 120 Å². The fourth-order valence-corrected chi connectivity index (χ4v) is 6.34. The van der Waals surface area contributed by atoms with E-state index in [9.17, 15) is 0 Å². The van der Waals surface area contributed by atoms with E-state index < -0.39 is 0 Å². The molecule has 5 aromatic rings. The smallest absolute Gasteiger partial charge is 0.0495 e. The third-order valence-corrected chi connectivity index (χ3v) is 8.34. The molecule has 0 saturated carbocycles. The third-order valence-electron chi connectivity index (χ3n) is 8.34. The highest BCUT2D eigenvalue weighted by molar-refractivity contribution is 6.10. The summed E-state index contributed by atoms with van der Waals surface area (Å²) in [6.07, 6.45) is 9.97. The summed E-state index contributed by atoms with van der Waals surface area (Å²) in [5.41, 5.74) is 12.2. The molecule has 7 rings (SSSR count). The zero-order chi connectivity index (χ0) is 23.7. The third kappa shape index (κ3) is 2.94. The highest BCUT2D eigenvalue weighted by Gasteiger charge is 2.36. The normalized spacial score (nSPS) is 17.7. The largest absolute Gasteiger partial charge is 0.344 e. The van der Waals surface area contributed by atoms with Crippen molar-refractivity contribution in [3.63, 3.8) is 0 Å². The molecule has 1 heteroatoms. The molecular weight excluding hydrogens is 422 g/mol. The number of hydrogen-bond donors (Lipinski definition) is 0. The van der Waals surface area contributed by atoms with Crippen LogP contribution in [0.2, 0.25) is 0 Å². The second-order valence-electron chi connectivity index (χ2n) is 10.7. The maximum atomic E-state index is 2.45. The predicted octanol–water partition coefficient (Wildman–Crippen LogP) is 8.90. The summed E-state index contributed by atoms with van der Waals surface area (Å²) in [5, 5.41) is 2.69. The first kappa shape index (κ1) is 20.5. The van der Waals surface area contributed by atoms with E-state index in [0.717, 1.165) is 6.42 Å². The molecule has 0 N–H and O–H groups in total. The van der Waals surface area contributed by atoms with Crippen molar-refractivity contribution in [2.75, 3.05) is 0 Å². The summed E-state index contributed by atoms with van der Waals surface area (Å²) in [4.78, 5) is 0. The van der Waals surface area contributed by atoms with Gasteiger partial charge < -0.3 is 4.57 Å². The Morgan fingerprint density at radius 2 is 1.54 bits per heavy atom. The van der Waals surface area contributed by atoms with E-state index in [4.69, 9.17) is 0 Å². The van der Waals surface area contributed by atoms with Crippen molar-refractivity contribution >= 4 is 21.8 Å². The van der Waals surface area contributed by atoms with Gasteiger partial charge in [-0.05, 0) is 69.6 Å². The van der Waals surface area contributed by atoms with Crippen LogP contribution in [0.25, 0.3) is 44.1 Å². The predicted molar refractivity (Wildman–Crippen MR) is 149 cm³/mol. The number of rotatable bonds is 2. The molecule has 4 aromatic carbocycles. The molecule has 2 aliphatic carbocycles. The number of aryl methyl sites for hydroxylation is 1. The Hall–Kier alpha value is -3.84. The van der Waals surface area contributed by atoms with Crippen LogP contribution in [0.1, 0.15) is 42.9 Å². The van der Waals surface area contributed by atoms with Gasteiger partial charge in [-0.2, -0.15) is 0 Å². The molecule has 0 amide bonds. The van der Waals surface area contributed by atoms with Crippen molar-refractivity contribution in [2.24, 2.45) is 7.05 Å². The molecule has 0 radical (unpaired) electrons. The van der Waals surface area contributed by atoms with Crippen molar-refractivity contribution in [1.82, 2.24) is 4.57 Å². The van der Waals surface area contributed by atoms with Crippen LogP contribution in [-0.4, -0.2) is 4.57 Å². The van der Waals surface area contributed by atoms with Crippen LogP contribution >= 0.6 is 0 Å². The number of benzene rings is 4. The molecule has 0 fully saturated rings. The van der Waals surface area contributed by atoms with Gasteiger partial charge in [-0.1, -0.05) is 92.7 Å². The zero-order valence-electron chi connectivity index (χ0n) is 20.5. The summed E-state index contributed by atoms with van der Waals surface area (Å²) in [5.74, 6) is 0.470. The number of aromatic nitrogens is 1. The molecule has 1 atom stereocenters. The maximum Gasteiger partial charge on any atom is 0.0495 e. The van der Waals surface area contributed by atoms with Gasteiger partial charge in [-0.25, -0.2) is 0 Å². The van der Waals surface area contributed by atoms with Gasteiger partial charge in [0, 0.05) is 40.2 Å². The molecule has 1 aromatic heterocycles. The Bertz CT molecular complexity index is 1710. The lowest BCUT2D eigenvalue weighted by Crippen LogP contribution is -2.15. The van der Waals surface area contributed by atoms with Crippen LogP contribution < -0.4 is 0 Å². The molecule has 2 aliphatic rings. The van der Waals surface area contributed by atoms with Crippen molar-refractivity contribution in [3.8, 4) is 22.3 Å². The summed E-state index contributed by atoms with van der Waals surface area (Å²) < 4.78 is 2.34. The first-order valence-electron chi connectivity index (χ1n) is 12.6. The minimum absolute atomic E-state index is 0.0413. The Morgan fingerprint density at radius 1 is 0.714 bits per heavy atom. The highest BCUT2D eigenvalue weighted by Crippen LogP contribution is 2.51. The average molecular weight is 452 g/mol. The lowest BCUT2D eigenvalue weighted by molar-refractivity contribution is 0.661. The van der Waals surface area contributed by atoms with E-state index in [-0.39, 0.29) is 5.41 Å². The standard InChI is InChI=1S/C34H29N/c1-34(2)30-19-25(24-13-9-12-23(18-24)22-10-5-4-6-11-22)16-17-26(30)28-21-33-29(20-31(28)34)27-14-7-8-15-32(27)35(33)3/h4-10,12-22H,11H2,1-3H3. The van der Waals surface area contributed by atoms with E-state index in [0.29, 0.717) is 5.92 Å². The van der Waals surface area contributed by atoms with Crippen LogP contribution in [0.3, 0.4) is 0 Å². The highest BCUT2D eigenvalue weighted by atomic mass is 14.9. The van der Waals surface area contributed by atoms with Gasteiger partial charge in [0.2, 0.25) is 0 Å². The lowest BCUT2D eigenvalue weighted by Gasteiger charge is -2.22. The van der Waals surface area contributed by atoms with Gasteiger partial charge in [0.25, 0.3) is 0 Å². The summed E-state index contributed by atoms with van der Waals surface area (Å²) in [6.45, 7) is 4.77. The number of allylic oxidation sites excluding steroid dienone is 4. The van der Waals surface area contributed by atoms with Gasteiger partial charge in [-0.15, -0.1) is 0 Å². The number of fused-ring (bicyclic) bond motifs is 6. The first-order valence-corrected chi connectivity index (χ1v) is 12.6. The van der Waals surface area contributed by atoms with Crippen molar-refractivity contribution in [2.45, 2.75) is 31.6 Å². The Labute approximate surface area is 207 Å². The van der Waals surface area contributed by atoms with E-state index in [1.807, 2.05) is 0 Å². The minimum Gasteiger partial charge on any atom is -0.344 e. The number of para-hydroxylation sites is 1. The molecule has 170 valence electrons. The molecule has 0 saturated heterocycles. The molecule has 0 bridgehead atoms. The second-order valence-corrected chi connectivity index (χ2v) is 10.7. The Kier molecular flexibility index (Phi) is 4.30. The van der Waals surface area contributed by atoms with Crippen molar-refractivity contribution in [1.29, 1.82) is 0 Å². The van der Waals surface area contributed by atoms with Gasteiger partial charge in [0.1, 0.15) is 0 Å². The molecule has 1 unspecified atom stereocenters. The van der Waals surface area contributed by atoms with E-state index in [1.165, 1.54) is 60.8 Å². The van der Waals surface area contributed by atoms with Gasteiger partial charge in [0.15, 0.2) is 0 Å². The minimum atomic E-state index is -0.0413. The lowest BCUT2D eigenvalue weighted by atomic mass is 9.81. The van der Waals surface area contributed by atoms with Crippen LogP contribution in [0, 0.1) is 0 Å². The Morgan fingerprint density at radius 3 is 2.40 bits per heavy atom.